The van der Waals surface area contributed by atoms with Crippen LogP contribution in [0.1, 0.15) is 11.1 Å². The lowest BCUT2D eigenvalue weighted by Crippen LogP contribution is -2.49. The second-order valence-electron chi connectivity index (χ2n) is 7.40. The van der Waals surface area contributed by atoms with Gasteiger partial charge in [-0.1, -0.05) is 29.8 Å². The zero-order valence-electron chi connectivity index (χ0n) is 16.9. The molecule has 1 N–H and O–H groups in total. The highest BCUT2D eigenvalue weighted by Gasteiger charge is 2.22. The minimum Gasteiger partial charge on any atom is -0.497 e. The number of hydrogen-bond acceptors (Lipinski definition) is 4. The summed E-state index contributed by atoms with van der Waals surface area (Å²) in [5.74, 6) is 1.94. The number of nitrogens with zero attached hydrogens (tertiary/aromatic N) is 3. The number of H-pyrrole nitrogens is 1. The Labute approximate surface area is 171 Å². The molecule has 0 saturated carbocycles. The van der Waals surface area contributed by atoms with Crippen LogP contribution in [0.25, 0.3) is 11.3 Å². The standard InChI is InChI=1S/C23H26N4O2/c1-17-3-5-18(6-4-17)15-23(28)27-13-11-26(12-14-27)22-16-21(24-25-22)19-7-9-20(29-2)10-8-19/h3-10,16H,11-15H2,1-2H3,(H,24,25). The van der Waals surface area contributed by atoms with E-state index in [1.165, 1.54) is 5.56 Å². The van der Waals surface area contributed by atoms with Crippen molar-refractivity contribution in [1.29, 1.82) is 0 Å². The number of hydrogen-bond donors (Lipinski definition) is 1. The molecule has 6 heteroatoms. The first-order valence-electron chi connectivity index (χ1n) is 9.90. The molecule has 0 bridgehead atoms. The van der Waals surface area contributed by atoms with Crippen LogP contribution in [0.2, 0.25) is 0 Å². The number of aromatic nitrogens is 2. The van der Waals surface area contributed by atoms with E-state index in [-0.39, 0.29) is 5.91 Å². The van der Waals surface area contributed by atoms with Crippen molar-refractivity contribution in [3.05, 3.63) is 65.7 Å². The third-order valence-electron chi connectivity index (χ3n) is 5.40. The minimum atomic E-state index is 0.189. The molecule has 6 nitrogen and oxygen atoms in total. The number of benzene rings is 2. The average molecular weight is 390 g/mol. The van der Waals surface area contributed by atoms with Crippen molar-refractivity contribution >= 4 is 11.7 Å². The molecule has 2 heterocycles. The average Bonchev–Trinajstić information content (AvgIpc) is 3.26. The number of aromatic amines is 1. The van der Waals surface area contributed by atoms with Crippen molar-refractivity contribution < 1.29 is 9.53 Å². The Hall–Kier alpha value is -3.28. The normalized spacial score (nSPS) is 14.1. The minimum absolute atomic E-state index is 0.189. The first-order valence-corrected chi connectivity index (χ1v) is 9.90. The van der Waals surface area contributed by atoms with E-state index >= 15 is 0 Å². The van der Waals surface area contributed by atoms with Crippen LogP contribution in [0, 0.1) is 6.92 Å². The van der Waals surface area contributed by atoms with Gasteiger partial charge in [-0.15, -0.1) is 0 Å². The molecule has 0 unspecified atom stereocenters. The highest BCUT2D eigenvalue weighted by molar-refractivity contribution is 5.79. The van der Waals surface area contributed by atoms with E-state index in [1.54, 1.807) is 7.11 Å². The fourth-order valence-electron chi connectivity index (χ4n) is 3.57. The lowest BCUT2D eigenvalue weighted by Gasteiger charge is -2.34. The van der Waals surface area contributed by atoms with Crippen molar-refractivity contribution in [1.82, 2.24) is 15.1 Å². The molecule has 1 aliphatic rings. The highest BCUT2D eigenvalue weighted by atomic mass is 16.5. The zero-order chi connectivity index (χ0) is 20.2. The molecule has 0 spiro atoms. The predicted octanol–water partition coefficient (Wildman–Crippen LogP) is 3.29. The Balaban J connectivity index is 1.34. The van der Waals surface area contributed by atoms with E-state index in [1.807, 2.05) is 41.3 Å². The van der Waals surface area contributed by atoms with Gasteiger partial charge in [0.15, 0.2) is 5.82 Å². The number of aryl methyl sites for hydroxylation is 1. The molecule has 4 rings (SSSR count). The molecule has 0 atom stereocenters. The summed E-state index contributed by atoms with van der Waals surface area (Å²) < 4.78 is 5.21. The Bertz CT molecular complexity index is 955. The van der Waals surface area contributed by atoms with Crippen molar-refractivity contribution in [2.45, 2.75) is 13.3 Å². The van der Waals surface area contributed by atoms with E-state index in [0.29, 0.717) is 6.42 Å². The fourth-order valence-corrected chi connectivity index (χ4v) is 3.57. The van der Waals surface area contributed by atoms with E-state index < -0.39 is 0 Å². The van der Waals surface area contributed by atoms with E-state index in [2.05, 4.69) is 40.2 Å². The zero-order valence-corrected chi connectivity index (χ0v) is 16.9. The van der Waals surface area contributed by atoms with Crippen molar-refractivity contribution in [2.75, 3.05) is 38.2 Å². The molecular weight excluding hydrogens is 364 g/mol. The summed E-state index contributed by atoms with van der Waals surface area (Å²) in [6.45, 7) is 5.06. The molecule has 150 valence electrons. The second-order valence-corrected chi connectivity index (χ2v) is 7.40. The number of carbonyl (C=O) groups excluding carboxylic acids is 1. The van der Waals surface area contributed by atoms with Gasteiger partial charge >= 0.3 is 0 Å². The summed E-state index contributed by atoms with van der Waals surface area (Å²) in [7, 11) is 1.66. The molecule has 29 heavy (non-hydrogen) atoms. The molecule has 1 aromatic heterocycles. The Morgan fingerprint density at radius 3 is 2.38 bits per heavy atom. The summed E-state index contributed by atoms with van der Waals surface area (Å²) in [5, 5.41) is 7.59. The van der Waals surface area contributed by atoms with Gasteiger partial charge in [-0.3, -0.25) is 9.89 Å². The Kier molecular flexibility index (Phi) is 5.51. The third-order valence-corrected chi connectivity index (χ3v) is 5.40. The van der Waals surface area contributed by atoms with Crippen LogP contribution in [-0.2, 0) is 11.2 Å². The molecule has 3 aromatic rings. The molecule has 1 amide bonds. The summed E-state index contributed by atoms with van der Waals surface area (Å²) in [6.07, 6.45) is 0.463. The van der Waals surface area contributed by atoms with Gasteiger partial charge in [-0.05, 0) is 42.3 Å². The maximum atomic E-state index is 12.6. The molecular formula is C23H26N4O2. The van der Waals surface area contributed by atoms with Gasteiger partial charge in [-0.2, -0.15) is 5.10 Å². The summed E-state index contributed by atoms with van der Waals surface area (Å²) in [4.78, 5) is 16.8. The second kappa shape index (κ2) is 8.39. The molecule has 1 saturated heterocycles. The predicted molar refractivity (Wildman–Crippen MR) is 114 cm³/mol. The summed E-state index contributed by atoms with van der Waals surface area (Å²) in [6, 6.07) is 18.1. The summed E-state index contributed by atoms with van der Waals surface area (Å²) >= 11 is 0. The van der Waals surface area contributed by atoms with Crippen LogP contribution in [0.4, 0.5) is 5.82 Å². The van der Waals surface area contributed by atoms with Gasteiger partial charge in [0.1, 0.15) is 5.75 Å². The van der Waals surface area contributed by atoms with E-state index in [0.717, 1.165) is 54.6 Å². The van der Waals surface area contributed by atoms with Gasteiger partial charge in [0, 0.05) is 32.2 Å². The number of rotatable bonds is 5. The van der Waals surface area contributed by atoms with Gasteiger partial charge in [0.2, 0.25) is 5.91 Å². The maximum Gasteiger partial charge on any atom is 0.227 e. The number of nitrogens with one attached hydrogen (secondary N) is 1. The van der Waals surface area contributed by atoms with Crippen LogP contribution in [0.15, 0.2) is 54.6 Å². The van der Waals surface area contributed by atoms with Gasteiger partial charge in [-0.25, -0.2) is 0 Å². The van der Waals surface area contributed by atoms with Crippen molar-refractivity contribution in [3.63, 3.8) is 0 Å². The Morgan fingerprint density at radius 1 is 1.03 bits per heavy atom. The fraction of sp³-hybridized carbons (Fsp3) is 0.304. The number of carbonyl (C=O) groups is 1. The van der Waals surface area contributed by atoms with Crippen molar-refractivity contribution in [2.24, 2.45) is 0 Å². The molecule has 1 aliphatic heterocycles. The number of anilines is 1. The third kappa shape index (κ3) is 4.42. The largest absolute Gasteiger partial charge is 0.497 e. The molecule has 1 fully saturated rings. The topological polar surface area (TPSA) is 61.5 Å². The van der Waals surface area contributed by atoms with E-state index in [9.17, 15) is 4.79 Å². The first kappa shape index (κ1) is 19.1. The quantitative estimate of drug-likeness (QED) is 0.726. The maximum absolute atomic E-state index is 12.6. The van der Waals surface area contributed by atoms with Gasteiger partial charge < -0.3 is 14.5 Å². The van der Waals surface area contributed by atoms with Crippen LogP contribution >= 0.6 is 0 Å². The SMILES string of the molecule is COc1ccc(-c2cc(N3CCN(C(=O)Cc4ccc(C)cc4)CC3)n[nH]2)cc1. The Morgan fingerprint density at radius 2 is 1.72 bits per heavy atom. The monoisotopic (exact) mass is 390 g/mol. The van der Waals surface area contributed by atoms with Crippen LogP contribution in [-0.4, -0.2) is 54.3 Å². The highest BCUT2D eigenvalue weighted by Crippen LogP contribution is 2.24. The van der Waals surface area contributed by atoms with Crippen LogP contribution < -0.4 is 9.64 Å². The van der Waals surface area contributed by atoms with Crippen molar-refractivity contribution in [3.8, 4) is 17.0 Å². The van der Waals surface area contributed by atoms with Crippen LogP contribution in [0.3, 0.4) is 0 Å². The van der Waals surface area contributed by atoms with Crippen LogP contribution in [0.5, 0.6) is 5.75 Å². The van der Waals surface area contributed by atoms with Gasteiger partial charge in [0.25, 0.3) is 0 Å². The molecule has 2 aromatic carbocycles. The summed E-state index contributed by atoms with van der Waals surface area (Å²) in [5.41, 5.74) is 4.32. The van der Waals surface area contributed by atoms with Gasteiger partial charge in [0.05, 0.1) is 19.2 Å². The number of amides is 1. The smallest absolute Gasteiger partial charge is 0.227 e. The lowest BCUT2D eigenvalue weighted by molar-refractivity contribution is -0.130. The van der Waals surface area contributed by atoms with E-state index in [4.69, 9.17) is 4.74 Å². The number of piperazine rings is 1. The first-order chi connectivity index (χ1) is 14.1. The number of ether oxygens (including phenoxy) is 1. The lowest BCUT2D eigenvalue weighted by atomic mass is 10.1. The molecule has 0 radical (unpaired) electrons. The molecule has 0 aliphatic carbocycles. The number of methoxy groups -OCH3 is 1.